The monoisotopic (exact) mass is 299 g/mol. The van der Waals surface area contributed by atoms with Crippen molar-refractivity contribution in [1.82, 2.24) is 15.1 Å². The van der Waals surface area contributed by atoms with Crippen molar-refractivity contribution in [3.8, 4) is 0 Å². The Kier molecular flexibility index (Phi) is 4.53. The molecule has 22 heavy (non-hydrogen) atoms. The second-order valence-corrected chi connectivity index (χ2v) is 5.77. The molecule has 116 valence electrons. The number of carboxylic acids is 1. The molecule has 1 aromatic carbocycles. The largest absolute Gasteiger partial charge is 0.480 e. The molecule has 3 rings (SSSR count). The number of benzene rings is 1. The molecule has 5 nitrogen and oxygen atoms in total. The maximum absolute atomic E-state index is 11.5. The molecule has 0 spiro atoms. The fourth-order valence-corrected chi connectivity index (χ4v) is 3.16. The van der Waals surface area contributed by atoms with Gasteiger partial charge in [-0.1, -0.05) is 43.2 Å². The van der Waals surface area contributed by atoms with Crippen LogP contribution in [0.5, 0.6) is 0 Å². The number of nitrogens with zero attached hydrogens (tertiary/aromatic N) is 2. The molecule has 1 fully saturated rings. The summed E-state index contributed by atoms with van der Waals surface area (Å²) in [6.45, 7) is 0.502. The summed E-state index contributed by atoms with van der Waals surface area (Å²) < 4.78 is 2.06. The van der Waals surface area contributed by atoms with Crippen molar-refractivity contribution >= 4 is 5.97 Å². The fraction of sp³-hybridized carbons (Fsp3) is 0.412. The fourth-order valence-electron chi connectivity index (χ4n) is 3.16. The summed E-state index contributed by atoms with van der Waals surface area (Å²) >= 11 is 0. The molecule has 1 aromatic heterocycles. The number of hydrogen-bond donors (Lipinski definition) is 2. The van der Waals surface area contributed by atoms with Gasteiger partial charge < -0.3 is 5.11 Å². The summed E-state index contributed by atoms with van der Waals surface area (Å²) in [6, 6.07) is 11.0. The minimum atomic E-state index is -0.863. The van der Waals surface area contributed by atoms with Crippen LogP contribution in [-0.2, 0) is 11.3 Å². The molecule has 2 N–H and O–H groups in total. The summed E-state index contributed by atoms with van der Waals surface area (Å²) in [4.78, 5) is 11.5. The first-order valence-electron chi connectivity index (χ1n) is 7.79. The van der Waals surface area contributed by atoms with E-state index in [0.717, 1.165) is 24.1 Å². The highest BCUT2D eigenvalue weighted by Gasteiger charge is 2.22. The summed E-state index contributed by atoms with van der Waals surface area (Å²) in [6.07, 6.45) is 6.62. The first-order valence-corrected chi connectivity index (χ1v) is 7.79. The molecule has 0 radical (unpaired) electrons. The lowest BCUT2D eigenvalue weighted by Gasteiger charge is -2.18. The van der Waals surface area contributed by atoms with E-state index in [2.05, 4.69) is 15.1 Å². The van der Waals surface area contributed by atoms with Gasteiger partial charge in [0, 0.05) is 12.7 Å². The van der Waals surface area contributed by atoms with E-state index in [-0.39, 0.29) is 0 Å². The van der Waals surface area contributed by atoms with Gasteiger partial charge in [-0.2, -0.15) is 5.10 Å². The van der Waals surface area contributed by atoms with Crippen molar-refractivity contribution in [3.63, 3.8) is 0 Å². The zero-order valence-corrected chi connectivity index (χ0v) is 12.5. The van der Waals surface area contributed by atoms with Gasteiger partial charge >= 0.3 is 5.97 Å². The second kappa shape index (κ2) is 6.75. The lowest BCUT2D eigenvalue weighted by Crippen LogP contribution is -2.29. The van der Waals surface area contributed by atoms with Gasteiger partial charge in [0.25, 0.3) is 0 Å². The number of carbonyl (C=O) groups is 1. The van der Waals surface area contributed by atoms with Crippen LogP contribution in [0.1, 0.15) is 49.0 Å². The predicted octanol–water partition coefficient (Wildman–Crippen LogP) is 2.91. The molecule has 1 heterocycles. The minimum absolute atomic E-state index is 0.465. The number of aromatic nitrogens is 2. The smallest absolute Gasteiger partial charge is 0.325 e. The zero-order valence-electron chi connectivity index (χ0n) is 12.5. The number of rotatable bonds is 6. The molecule has 0 aliphatic heterocycles. The quantitative estimate of drug-likeness (QED) is 0.860. The van der Waals surface area contributed by atoms with Crippen LogP contribution in [0.4, 0.5) is 0 Å². The first kappa shape index (κ1) is 14.8. The molecule has 1 saturated carbocycles. The number of carboxylic acid groups (broad SMARTS) is 1. The SMILES string of the molecule is O=C(O)[C@H](NCc1ccnn1C1CCCC1)c1ccccc1. The Labute approximate surface area is 130 Å². The normalized spacial score (nSPS) is 16.7. The molecule has 0 unspecified atom stereocenters. The van der Waals surface area contributed by atoms with E-state index >= 15 is 0 Å². The van der Waals surface area contributed by atoms with E-state index in [1.807, 2.05) is 36.4 Å². The second-order valence-electron chi connectivity index (χ2n) is 5.77. The average Bonchev–Trinajstić information content (AvgIpc) is 3.19. The van der Waals surface area contributed by atoms with Crippen LogP contribution in [0.2, 0.25) is 0 Å². The molecule has 0 bridgehead atoms. The van der Waals surface area contributed by atoms with Crippen LogP contribution in [0.3, 0.4) is 0 Å². The van der Waals surface area contributed by atoms with Gasteiger partial charge in [-0.15, -0.1) is 0 Å². The minimum Gasteiger partial charge on any atom is -0.480 e. The van der Waals surface area contributed by atoms with E-state index in [4.69, 9.17) is 0 Å². The molecule has 5 heteroatoms. The molecule has 0 saturated heterocycles. The van der Waals surface area contributed by atoms with Crippen LogP contribution in [0.15, 0.2) is 42.6 Å². The maximum Gasteiger partial charge on any atom is 0.325 e. The first-order chi connectivity index (χ1) is 10.8. The van der Waals surface area contributed by atoms with Gasteiger partial charge in [0.2, 0.25) is 0 Å². The third-order valence-electron chi connectivity index (χ3n) is 4.29. The third kappa shape index (κ3) is 3.20. The van der Waals surface area contributed by atoms with E-state index in [1.165, 1.54) is 12.8 Å². The molecule has 1 atom stereocenters. The molecule has 2 aromatic rings. The standard InChI is InChI=1S/C17H21N3O2/c21-17(22)16(13-6-2-1-3-7-13)18-12-15-10-11-19-20(15)14-8-4-5-9-14/h1-3,6-7,10-11,14,16,18H,4-5,8-9,12H2,(H,21,22)/t16-/m1/s1. The molecular weight excluding hydrogens is 278 g/mol. The third-order valence-corrected chi connectivity index (χ3v) is 4.29. The van der Waals surface area contributed by atoms with Crippen molar-refractivity contribution in [2.24, 2.45) is 0 Å². The van der Waals surface area contributed by atoms with E-state index < -0.39 is 12.0 Å². The summed E-state index contributed by atoms with van der Waals surface area (Å²) in [5.41, 5.74) is 1.82. The molecular formula is C17H21N3O2. The Morgan fingerprint density at radius 1 is 1.27 bits per heavy atom. The lowest BCUT2D eigenvalue weighted by molar-refractivity contribution is -0.139. The molecule has 1 aliphatic rings. The number of nitrogens with one attached hydrogen (secondary N) is 1. The summed E-state index contributed by atoms with van der Waals surface area (Å²) in [5, 5.41) is 17.0. The maximum atomic E-state index is 11.5. The topological polar surface area (TPSA) is 67.2 Å². The van der Waals surface area contributed by atoms with Crippen LogP contribution in [0, 0.1) is 0 Å². The van der Waals surface area contributed by atoms with Gasteiger partial charge in [-0.25, -0.2) is 0 Å². The highest BCUT2D eigenvalue weighted by Crippen LogP contribution is 2.29. The molecule has 0 amide bonds. The van der Waals surface area contributed by atoms with Gasteiger partial charge in [-0.05, 0) is 24.5 Å². The Balaban J connectivity index is 1.71. The highest BCUT2D eigenvalue weighted by molar-refractivity contribution is 5.75. The van der Waals surface area contributed by atoms with Crippen LogP contribution in [-0.4, -0.2) is 20.9 Å². The average molecular weight is 299 g/mol. The predicted molar refractivity (Wildman–Crippen MR) is 83.4 cm³/mol. The van der Waals surface area contributed by atoms with E-state index in [0.29, 0.717) is 12.6 Å². The van der Waals surface area contributed by atoms with Crippen LogP contribution < -0.4 is 5.32 Å². The Hall–Kier alpha value is -2.14. The Morgan fingerprint density at radius 2 is 2.00 bits per heavy atom. The number of hydrogen-bond acceptors (Lipinski definition) is 3. The van der Waals surface area contributed by atoms with Crippen molar-refractivity contribution in [3.05, 3.63) is 53.9 Å². The van der Waals surface area contributed by atoms with Crippen molar-refractivity contribution in [2.45, 2.75) is 44.3 Å². The van der Waals surface area contributed by atoms with Crippen molar-refractivity contribution in [1.29, 1.82) is 0 Å². The van der Waals surface area contributed by atoms with E-state index in [9.17, 15) is 9.90 Å². The Morgan fingerprint density at radius 3 is 2.68 bits per heavy atom. The summed E-state index contributed by atoms with van der Waals surface area (Å²) in [7, 11) is 0. The van der Waals surface area contributed by atoms with Gasteiger partial charge in [0.15, 0.2) is 0 Å². The number of aliphatic carboxylic acids is 1. The van der Waals surface area contributed by atoms with Crippen molar-refractivity contribution < 1.29 is 9.90 Å². The van der Waals surface area contributed by atoms with Gasteiger partial charge in [0.05, 0.1) is 11.7 Å². The van der Waals surface area contributed by atoms with Crippen molar-refractivity contribution in [2.75, 3.05) is 0 Å². The Bertz CT molecular complexity index is 618. The van der Waals surface area contributed by atoms with Gasteiger partial charge in [0.1, 0.15) is 6.04 Å². The van der Waals surface area contributed by atoms with Crippen LogP contribution >= 0.6 is 0 Å². The highest BCUT2D eigenvalue weighted by atomic mass is 16.4. The molecule has 1 aliphatic carbocycles. The zero-order chi connectivity index (χ0) is 15.4. The summed E-state index contributed by atoms with van der Waals surface area (Å²) in [5.74, 6) is -0.863. The lowest BCUT2D eigenvalue weighted by atomic mass is 10.1. The van der Waals surface area contributed by atoms with E-state index in [1.54, 1.807) is 6.20 Å². The van der Waals surface area contributed by atoms with Crippen LogP contribution in [0.25, 0.3) is 0 Å². The van der Waals surface area contributed by atoms with Gasteiger partial charge in [-0.3, -0.25) is 14.8 Å².